The van der Waals surface area contributed by atoms with E-state index in [2.05, 4.69) is 17.2 Å². The third kappa shape index (κ3) is 3.10. The molecule has 0 amide bonds. The summed E-state index contributed by atoms with van der Waals surface area (Å²) in [6.07, 6.45) is 5.05. The van der Waals surface area contributed by atoms with Gasteiger partial charge in [-0.3, -0.25) is 4.79 Å². The molecule has 0 N–H and O–H groups in total. The molecule has 5 heteroatoms. The van der Waals surface area contributed by atoms with Crippen molar-refractivity contribution >= 4 is 17.5 Å². The fraction of sp³-hybridized carbons (Fsp3) is 0.667. The summed E-state index contributed by atoms with van der Waals surface area (Å²) in [5, 5.41) is 7.65. The summed E-state index contributed by atoms with van der Waals surface area (Å²) in [5.41, 5.74) is 0.870. The van der Waals surface area contributed by atoms with E-state index in [4.69, 9.17) is 11.6 Å². The Morgan fingerprint density at radius 2 is 2.43 bits per heavy atom. The summed E-state index contributed by atoms with van der Waals surface area (Å²) in [7, 11) is 0. The largest absolute Gasteiger partial charge is 0.272 e. The molecule has 1 aromatic rings. The van der Waals surface area contributed by atoms with E-state index in [0.29, 0.717) is 12.3 Å². The molecule has 78 valence electrons. The zero-order chi connectivity index (χ0) is 10.4. The van der Waals surface area contributed by atoms with E-state index in [-0.39, 0.29) is 5.91 Å². The van der Waals surface area contributed by atoms with E-state index in [9.17, 15) is 4.79 Å². The number of aromatic nitrogens is 3. The van der Waals surface area contributed by atoms with Crippen molar-refractivity contribution in [1.29, 1.82) is 0 Å². The van der Waals surface area contributed by atoms with E-state index >= 15 is 0 Å². The average Bonchev–Trinajstić information content (AvgIpc) is 2.63. The van der Waals surface area contributed by atoms with Crippen LogP contribution in [-0.4, -0.2) is 26.8 Å². The lowest BCUT2D eigenvalue weighted by atomic mass is 10.2. The molecule has 0 atom stereocenters. The molecular weight excluding hydrogens is 202 g/mol. The molecule has 0 unspecified atom stereocenters. The standard InChI is InChI=1S/C9H14ClN3O/c1-2-3-4-8-7-13(12-11-8)9(14)5-6-10/h7H,2-6H2,1H3. The molecule has 1 rings (SSSR count). The lowest BCUT2D eigenvalue weighted by molar-refractivity contribution is 0.0892. The van der Waals surface area contributed by atoms with Crippen LogP contribution in [0.5, 0.6) is 0 Å². The van der Waals surface area contributed by atoms with Gasteiger partial charge < -0.3 is 0 Å². The number of rotatable bonds is 5. The fourth-order valence-corrected chi connectivity index (χ4v) is 1.25. The highest BCUT2D eigenvalue weighted by atomic mass is 35.5. The first-order valence-electron chi connectivity index (χ1n) is 4.78. The number of carbonyl (C=O) groups excluding carboxylic acids is 1. The molecule has 0 aliphatic rings. The minimum absolute atomic E-state index is 0.102. The number of aryl methyl sites for hydroxylation is 1. The predicted molar refractivity (Wildman–Crippen MR) is 54.6 cm³/mol. The number of unbranched alkanes of at least 4 members (excludes halogenated alkanes) is 1. The van der Waals surface area contributed by atoms with E-state index in [0.717, 1.165) is 25.0 Å². The highest BCUT2D eigenvalue weighted by Gasteiger charge is 2.06. The molecule has 0 spiro atoms. The van der Waals surface area contributed by atoms with Crippen LogP contribution in [0.15, 0.2) is 6.20 Å². The van der Waals surface area contributed by atoms with Gasteiger partial charge in [-0.05, 0) is 12.8 Å². The van der Waals surface area contributed by atoms with E-state index in [1.165, 1.54) is 4.68 Å². The molecule has 0 aromatic carbocycles. The van der Waals surface area contributed by atoms with Gasteiger partial charge in [-0.15, -0.1) is 16.7 Å². The maximum atomic E-state index is 11.3. The number of alkyl halides is 1. The van der Waals surface area contributed by atoms with Crippen LogP contribution in [0.3, 0.4) is 0 Å². The van der Waals surface area contributed by atoms with Crippen molar-refractivity contribution in [3.8, 4) is 0 Å². The second-order valence-electron chi connectivity index (χ2n) is 3.09. The molecule has 1 aromatic heterocycles. The second kappa shape index (κ2) is 5.75. The SMILES string of the molecule is CCCCc1cn(C(=O)CCCl)nn1. The van der Waals surface area contributed by atoms with Crippen LogP contribution in [0.1, 0.15) is 36.7 Å². The lowest BCUT2D eigenvalue weighted by Gasteiger charge is -1.94. The van der Waals surface area contributed by atoms with Crippen LogP contribution in [0.25, 0.3) is 0 Å². The average molecular weight is 216 g/mol. The minimum atomic E-state index is -0.102. The fourth-order valence-electron chi connectivity index (χ4n) is 1.09. The molecule has 0 radical (unpaired) electrons. The van der Waals surface area contributed by atoms with Crippen molar-refractivity contribution in [2.75, 3.05) is 5.88 Å². The van der Waals surface area contributed by atoms with Crippen molar-refractivity contribution in [1.82, 2.24) is 15.0 Å². The van der Waals surface area contributed by atoms with Gasteiger partial charge in [0.1, 0.15) is 0 Å². The molecule has 0 fully saturated rings. The molecule has 4 nitrogen and oxygen atoms in total. The Bertz CT molecular complexity index is 298. The quantitative estimate of drug-likeness (QED) is 0.705. The van der Waals surface area contributed by atoms with Gasteiger partial charge in [-0.25, -0.2) is 0 Å². The molecular formula is C9H14ClN3O. The Labute approximate surface area is 88.2 Å². The van der Waals surface area contributed by atoms with Gasteiger partial charge >= 0.3 is 0 Å². The Morgan fingerprint density at radius 3 is 3.07 bits per heavy atom. The monoisotopic (exact) mass is 215 g/mol. The van der Waals surface area contributed by atoms with Gasteiger partial charge in [0.15, 0.2) is 0 Å². The normalized spacial score (nSPS) is 10.4. The maximum absolute atomic E-state index is 11.3. The zero-order valence-electron chi connectivity index (χ0n) is 8.24. The van der Waals surface area contributed by atoms with Gasteiger partial charge in [0, 0.05) is 12.3 Å². The number of halogens is 1. The first kappa shape index (κ1) is 11.2. The van der Waals surface area contributed by atoms with Crippen molar-refractivity contribution < 1.29 is 4.79 Å². The molecule has 0 bridgehead atoms. The molecule has 0 saturated carbocycles. The highest BCUT2D eigenvalue weighted by molar-refractivity contribution is 6.18. The van der Waals surface area contributed by atoms with E-state index < -0.39 is 0 Å². The number of nitrogens with zero attached hydrogens (tertiary/aromatic N) is 3. The lowest BCUT2D eigenvalue weighted by Crippen LogP contribution is -2.11. The van der Waals surface area contributed by atoms with Crippen LogP contribution in [0, 0.1) is 0 Å². The third-order valence-electron chi connectivity index (χ3n) is 1.89. The van der Waals surface area contributed by atoms with Crippen LogP contribution in [0.2, 0.25) is 0 Å². The minimum Gasteiger partial charge on any atom is -0.272 e. The summed E-state index contributed by atoms with van der Waals surface area (Å²) >= 11 is 5.45. The van der Waals surface area contributed by atoms with E-state index in [1.807, 2.05) is 0 Å². The van der Waals surface area contributed by atoms with Crippen LogP contribution in [-0.2, 0) is 6.42 Å². The van der Waals surface area contributed by atoms with Crippen molar-refractivity contribution in [3.05, 3.63) is 11.9 Å². The van der Waals surface area contributed by atoms with Gasteiger partial charge in [0.05, 0.1) is 11.9 Å². The molecule has 1 heterocycles. The number of carbonyl (C=O) groups is 1. The topological polar surface area (TPSA) is 47.8 Å². The molecule has 0 aliphatic carbocycles. The molecule has 14 heavy (non-hydrogen) atoms. The van der Waals surface area contributed by atoms with Crippen LogP contribution in [0.4, 0.5) is 0 Å². The van der Waals surface area contributed by atoms with Crippen LogP contribution < -0.4 is 0 Å². The Hall–Kier alpha value is -0.900. The smallest absolute Gasteiger partial charge is 0.249 e. The van der Waals surface area contributed by atoms with Crippen LogP contribution >= 0.6 is 11.6 Å². The number of hydrogen-bond acceptors (Lipinski definition) is 3. The maximum Gasteiger partial charge on any atom is 0.249 e. The Kier molecular flexibility index (Phi) is 4.59. The summed E-state index contributed by atoms with van der Waals surface area (Å²) in [4.78, 5) is 11.3. The first-order chi connectivity index (χ1) is 6.77. The molecule has 0 aliphatic heterocycles. The van der Waals surface area contributed by atoms with Gasteiger partial charge in [0.25, 0.3) is 0 Å². The van der Waals surface area contributed by atoms with Gasteiger partial charge in [-0.1, -0.05) is 18.6 Å². The zero-order valence-corrected chi connectivity index (χ0v) is 9.00. The summed E-state index contributed by atoms with van der Waals surface area (Å²) in [6, 6.07) is 0. The second-order valence-corrected chi connectivity index (χ2v) is 3.47. The number of hydrogen-bond donors (Lipinski definition) is 0. The van der Waals surface area contributed by atoms with E-state index in [1.54, 1.807) is 6.20 Å². The highest BCUT2D eigenvalue weighted by Crippen LogP contribution is 2.01. The Morgan fingerprint density at radius 1 is 1.64 bits per heavy atom. The molecule has 0 saturated heterocycles. The predicted octanol–water partition coefficient (Wildman–Crippen LogP) is 1.89. The van der Waals surface area contributed by atoms with Crippen molar-refractivity contribution in [2.24, 2.45) is 0 Å². The Balaban J connectivity index is 2.54. The summed E-state index contributed by atoms with van der Waals surface area (Å²) < 4.78 is 1.27. The third-order valence-corrected chi connectivity index (χ3v) is 2.08. The van der Waals surface area contributed by atoms with Crippen molar-refractivity contribution in [2.45, 2.75) is 32.6 Å². The van der Waals surface area contributed by atoms with Gasteiger partial charge in [0.2, 0.25) is 5.91 Å². The summed E-state index contributed by atoms with van der Waals surface area (Å²) in [6.45, 7) is 2.11. The van der Waals surface area contributed by atoms with Gasteiger partial charge in [-0.2, -0.15) is 4.68 Å². The van der Waals surface area contributed by atoms with Crippen molar-refractivity contribution in [3.63, 3.8) is 0 Å². The summed E-state index contributed by atoms with van der Waals surface area (Å²) in [5.74, 6) is 0.221. The first-order valence-corrected chi connectivity index (χ1v) is 5.31.